The fraction of sp³-hybridized carbons (Fsp3) is 0.643. The van der Waals surface area contributed by atoms with E-state index in [9.17, 15) is 4.79 Å². The van der Waals surface area contributed by atoms with E-state index in [0.29, 0.717) is 36.6 Å². The van der Waals surface area contributed by atoms with Crippen molar-refractivity contribution in [3.8, 4) is 5.88 Å². The fourth-order valence-corrected chi connectivity index (χ4v) is 3.01. The summed E-state index contributed by atoms with van der Waals surface area (Å²) in [6.07, 6.45) is 3.90. The highest BCUT2D eigenvalue weighted by atomic mass is 16.5. The maximum Gasteiger partial charge on any atom is 0.248 e. The van der Waals surface area contributed by atoms with Crippen molar-refractivity contribution in [1.82, 2.24) is 14.9 Å². The zero-order valence-electron chi connectivity index (χ0n) is 12.0. The summed E-state index contributed by atoms with van der Waals surface area (Å²) in [7, 11) is 1.57. The van der Waals surface area contributed by atoms with E-state index >= 15 is 0 Å². The van der Waals surface area contributed by atoms with E-state index in [-0.39, 0.29) is 11.9 Å². The Kier molecular flexibility index (Phi) is 3.92. The van der Waals surface area contributed by atoms with E-state index in [2.05, 4.69) is 15.3 Å². The van der Waals surface area contributed by atoms with E-state index in [0.717, 1.165) is 0 Å². The number of hydrogen-bond acceptors (Lipinski definition) is 6. The van der Waals surface area contributed by atoms with Crippen molar-refractivity contribution in [2.75, 3.05) is 32.1 Å². The summed E-state index contributed by atoms with van der Waals surface area (Å²) in [6, 6.07) is 1.91. The van der Waals surface area contributed by atoms with Gasteiger partial charge in [0.15, 0.2) is 0 Å². The number of nitrogens with zero attached hydrogens (tertiary/aromatic N) is 3. The summed E-state index contributed by atoms with van der Waals surface area (Å²) in [4.78, 5) is 21.6. The molecular formula is C14H20N4O3. The Hall–Kier alpha value is -1.89. The molecule has 114 valence electrons. The van der Waals surface area contributed by atoms with Gasteiger partial charge in [-0.15, -0.1) is 0 Å². The van der Waals surface area contributed by atoms with Gasteiger partial charge in [-0.2, -0.15) is 0 Å². The molecule has 0 aromatic carbocycles. The minimum Gasteiger partial charge on any atom is -0.481 e. The smallest absolute Gasteiger partial charge is 0.248 e. The molecule has 2 aliphatic rings. The number of aromatic nitrogens is 2. The molecule has 2 N–H and O–H groups in total. The number of ether oxygens (including phenoxy) is 1. The van der Waals surface area contributed by atoms with Gasteiger partial charge in [-0.25, -0.2) is 9.97 Å². The van der Waals surface area contributed by atoms with E-state index in [4.69, 9.17) is 9.84 Å². The van der Waals surface area contributed by atoms with Gasteiger partial charge in [-0.1, -0.05) is 0 Å². The Morgan fingerprint density at radius 2 is 2.29 bits per heavy atom. The minimum absolute atomic E-state index is 0.160. The number of rotatable bonds is 5. The van der Waals surface area contributed by atoms with Gasteiger partial charge in [0.2, 0.25) is 11.8 Å². The summed E-state index contributed by atoms with van der Waals surface area (Å²) >= 11 is 0. The van der Waals surface area contributed by atoms with Crippen LogP contribution >= 0.6 is 0 Å². The van der Waals surface area contributed by atoms with Crippen molar-refractivity contribution in [1.29, 1.82) is 0 Å². The highest BCUT2D eigenvalue weighted by Gasteiger charge is 2.43. The zero-order valence-corrected chi connectivity index (χ0v) is 12.0. The zero-order chi connectivity index (χ0) is 14.8. The number of likely N-dealkylation sites (tertiary alicyclic amines) is 1. The van der Waals surface area contributed by atoms with Crippen LogP contribution in [0.15, 0.2) is 12.4 Å². The Balaban J connectivity index is 1.71. The molecule has 1 saturated heterocycles. The normalized spacial score (nSPS) is 25.0. The number of anilines is 1. The molecule has 7 nitrogen and oxygen atoms in total. The largest absolute Gasteiger partial charge is 0.481 e. The first kappa shape index (κ1) is 14.1. The summed E-state index contributed by atoms with van der Waals surface area (Å²) in [5, 5.41) is 12.4. The number of nitrogens with one attached hydrogen (secondary N) is 1. The first-order valence-corrected chi connectivity index (χ1v) is 7.22. The van der Waals surface area contributed by atoms with Gasteiger partial charge >= 0.3 is 0 Å². The lowest BCUT2D eigenvalue weighted by Gasteiger charge is -2.19. The molecule has 21 heavy (non-hydrogen) atoms. The van der Waals surface area contributed by atoms with Gasteiger partial charge in [-0.3, -0.25) is 4.79 Å². The lowest BCUT2D eigenvalue weighted by molar-refractivity contribution is -0.133. The number of carbonyl (C=O) groups is 1. The van der Waals surface area contributed by atoms with Gasteiger partial charge < -0.3 is 20.1 Å². The van der Waals surface area contributed by atoms with Gasteiger partial charge in [0.05, 0.1) is 7.11 Å². The van der Waals surface area contributed by atoms with E-state index < -0.39 is 6.61 Å². The molecule has 1 aromatic heterocycles. The van der Waals surface area contributed by atoms with Crippen molar-refractivity contribution < 1.29 is 14.6 Å². The van der Waals surface area contributed by atoms with Gasteiger partial charge in [-0.05, 0) is 18.8 Å². The molecule has 1 amide bonds. The van der Waals surface area contributed by atoms with Crippen molar-refractivity contribution in [3.63, 3.8) is 0 Å². The Labute approximate surface area is 123 Å². The van der Waals surface area contributed by atoms with E-state index in [1.807, 2.05) is 0 Å². The van der Waals surface area contributed by atoms with Gasteiger partial charge in [0, 0.05) is 31.1 Å². The summed E-state index contributed by atoms with van der Waals surface area (Å²) in [5.41, 5.74) is 0. The number of methoxy groups -OCH3 is 1. The number of hydrogen-bond donors (Lipinski definition) is 2. The van der Waals surface area contributed by atoms with Crippen LogP contribution in [0.4, 0.5) is 5.82 Å². The van der Waals surface area contributed by atoms with E-state index in [1.165, 1.54) is 19.2 Å². The molecule has 1 saturated carbocycles. The van der Waals surface area contributed by atoms with Crippen molar-refractivity contribution >= 4 is 11.7 Å². The molecule has 7 heteroatoms. The third-order valence-corrected chi connectivity index (χ3v) is 4.26. The maximum atomic E-state index is 11.7. The van der Waals surface area contributed by atoms with Crippen molar-refractivity contribution in [2.45, 2.75) is 18.9 Å². The third-order valence-electron chi connectivity index (χ3n) is 4.26. The molecule has 1 aliphatic carbocycles. The lowest BCUT2D eigenvalue weighted by Crippen LogP contribution is -2.33. The monoisotopic (exact) mass is 292 g/mol. The van der Waals surface area contributed by atoms with Crippen molar-refractivity contribution in [3.05, 3.63) is 12.4 Å². The Bertz CT molecular complexity index is 521. The molecule has 2 atom stereocenters. The molecule has 3 rings (SSSR count). The maximum absolute atomic E-state index is 11.7. The number of aliphatic hydroxyl groups is 1. The Morgan fingerprint density at radius 3 is 2.95 bits per heavy atom. The molecule has 0 bridgehead atoms. The van der Waals surface area contributed by atoms with Crippen LogP contribution in [-0.2, 0) is 4.79 Å². The molecule has 0 radical (unpaired) electrons. The molecule has 1 aliphatic heterocycles. The summed E-state index contributed by atoms with van der Waals surface area (Å²) in [5.74, 6) is 2.10. The molecule has 1 aromatic rings. The van der Waals surface area contributed by atoms with Gasteiger partial charge in [0.1, 0.15) is 18.8 Å². The first-order chi connectivity index (χ1) is 10.2. The third kappa shape index (κ3) is 3.07. The van der Waals surface area contributed by atoms with Crippen LogP contribution in [0.2, 0.25) is 0 Å². The SMILES string of the molecule is COc1cc(N[C@H]2CN(C(=O)CO)C[C@@H]2C2CC2)ncn1. The topological polar surface area (TPSA) is 87.6 Å². The molecule has 2 fully saturated rings. The highest BCUT2D eigenvalue weighted by molar-refractivity contribution is 5.77. The predicted octanol–water partition coefficient (Wildman–Crippen LogP) is 0.126. The first-order valence-electron chi connectivity index (χ1n) is 7.22. The van der Waals surface area contributed by atoms with Crippen LogP contribution in [0.5, 0.6) is 5.88 Å². The average Bonchev–Trinajstić information content (AvgIpc) is 3.28. The Morgan fingerprint density at radius 1 is 1.48 bits per heavy atom. The molecular weight excluding hydrogens is 272 g/mol. The quantitative estimate of drug-likeness (QED) is 0.802. The standard InChI is InChI=1S/C14H20N4O3/c1-21-13-4-12(15-8-16-13)17-11-6-18(14(20)7-19)5-10(11)9-2-3-9/h4,8-11,19H,2-3,5-7H2,1H3,(H,15,16,17)/t10-,11+/m1/s1. The number of carbonyl (C=O) groups excluding carboxylic acids is 1. The second-order valence-corrected chi connectivity index (χ2v) is 5.65. The highest BCUT2D eigenvalue weighted by Crippen LogP contribution is 2.42. The van der Waals surface area contributed by atoms with E-state index in [1.54, 1.807) is 18.1 Å². The van der Waals surface area contributed by atoms with Crippen LogP contribution in [0, 0.1) is 11.8 Å². The lowest BCUT2D eigenvalue weighted by atomic mass is 9.98. The molecule has 2 heterocycles. The molecule has 0 spiro atoms. The fourth-order valence-electron chi connectivity index (χ4n) is 3.01. The van der Waals surface area contributed by atoms with Crippen LogP contribution in [0.3, 0.4) is 0 Å². The number of amides is 1. The van der Waals surface area contributed by atoms with Crippen LogP contribution in [0.25, 0.3) is 0 Å². The summed E-state index contributed by atoms with van der Waals surface area (Å²) in [6.45, 7) is 0.891. The molecule has 0 unspecified atom stereocenters. The number of aliphatic hydroxyl groups excluding tert-OH is 1. The van der Waals surface area contributed by atoms with Crippen LogP contribution < -0.4 is 10.1 Å². The van der Waals surface area contributed by atoms with Gasteiger partial charge in [0.25, 0.3) is 0 Å². The second-order valence-electron chi connectivity index (χ2n) is 5.65. The predicted molar refractivity (Wildman–Crippen MR) is 75.9 cm³/mol. The van der Waals surface area contributed by atoms with Crippen molar-refractivity contribution in [2.24, 2.45) is 11.8 Å². The minimum atomic E-state index is -0.425. The second kappa shape index (κ2) is 5.85. The van der Waals surface area contributed by atoms with Crippen LogP contribution in [-0.4, -0.2) is 58.7 Å². The summed E-state index contributed by atoms with van der Waals surface area (Å²) < 4.78 is 5.09. The van der Waals surface area contributed by atoms with Crippen LogP contribution in [0.1, 0.15) is 12.8 Å². The average molecular weight is 292 g/mol.